The molecular weight excluding hydrogens is 316 g/mol. The fraction of sp³-hybridized carbons (Fsp3) is 0.238. The van der Waals surface area contributed by atoms with E-state index < -0.39 is 5.97 Å². The number of hydrogen-bond donors (Lipinski definition) is 0. The van der Waals surface area contributed by atoms with Crippen LogP contribution in [0.3, 0.4) is 0 Å². The molecule has 0 N–H and O–H groups in total. The van der Waals surface area contributed by atoms with E-state index in [4.69, 9.17) is 9.47 Å². The number of Topliss-reactive ketones (excluding diaryl/α,β-unsaturated/α-hetero) is 1. The molecule has 2 rings (SSSR count). The van der Waals surface area contributed by atoms with Crippen molar-refractivity contribution in [2.24, 2.45) is 5.92 Å². The van der Waals surface area contributed by atoms with Crippen molar-refractivity contribution in [2.45, 2.75) is 20.3 Å². The van der Waals surface area contributed by atoms with Crippen LogP contribution in [0.5, 0.6) is 5.75 Å². The van der Waals surface area contributed by atoms with Crippen molar-refractivity contribution in [3.8, 4) is 5.75 Å². The molecule has 25 heavy (non-hydrogen) atoms. The standard InChI is InChI=1S/C21H22O4/c1-15(2)13-20(22)25-19(21(23)17-7-5-4-6-8-17)14-16-9-11-18(24-3)12-10-16/h4-12,14-15H,13H2,1-3H3/b19-14+. The van der Waals surface area contributed by atoms with E-state index >= 15 is 0 Å². The van der Waals surface area contributed by atoms with Gasteiger partial charge in [0, 0.05) is 12.0 Å². The van der Waals surface area contributed by atoms with Crippen molar-refractivity contribution in [1.29, 1.82) is 0 Å². The van der Waals surface area contributed by atoms with E-state index in [1.165, 1.54) is 0 Å². The van der Waals surface area contributed by atoms with E-state index in [-0.39, 0.29) is 23.9 Å². The van der Waals surface area contributed by atoms with Crippen LogP contribution in [0.25, 0.3) is 6.08 Å². The normalized spacial score (nSPS) is 11.3. The molecule has 0 amide bonds. The Balaban J connectivity index is 2.31. The SMILES string of the molecule is COc1ccc(/C=C(/OC(=O)CC(C)C)C(=O)c2ccccc2)cc1. The van der Waals surface area contributed by atoms with Gasteiger partial charge in [-0.25, -0.2) is 0 Å². The highest BCUT2D eigenvalue weighted by Crippen LogP contribution is 2.18. The maximum Gasteiger partial charge on any atom is 0.311 e. The number of ketones is 1. The molecule has 0 unspecified atom stereocenters. The number of benzene rings is 2. The highest BCUT2D eigenvalue weighted by molar-refractivity contribution is 6.10. The molecule has 0 saturated heterocycles. The zero-order valence-corrected chi connectivity index (χ0v) is 14.7. The summed E-state index contributed by atoms with van der Waals surface area (Å²) in [5, 5.41) is 0. The van der Waals surface area contributed by atoms with Crippen molar-refractivity contribution in [2.75, 3.05) is 7.11 Å². The topological polar surface area (TPSA) is 52.6 Å². The van der Waals surface area contributed by atoms with Gasteiger partial charge in [-0.3, -0.25) is 9.59 Å². The number of rotatable bonds is 7. The van der Waals surface area contributed by atoms with E-state index in [2.05, 4.69) is 0 Å². The minimum Gasteiger partial charge on any atom is -0.497 e. The Bertz CT molecular complexity index is 743. The molecule has 0 aromatic heterocycles. The van der Waals surface area contributed by atoms with Gasteiger partial charge in [-0.2, -0.15) is 0 Å². The van der Waals surface area contributed by atoms with Crippen LogP contribution in [0.1, 0.15) is 36.2 Å². The van der Waals surface area contributed by atoms with Gasteiger partial charge in [-0.1, -0.05) is 56.3 Å². The van der Waals surface area contributed by atoms with E-state index in [1.54, 1.807) is 61.7 Å². The fourth-order valence-electron chi connectivity index (χ4n) is 2.22. The molecule has 0 bridgehead atoms. The Hall–Kier alpha value is -2.88. The molecule has 0 aliphatic rings. The summed E-state index contributed by atoms with van der Waals surface area (Å²) in [6.07, 6.45) is 1.83. The first-order valence-electron chi connectivity index (χ1n) is 8.15. The minimum absolute atomic E-state index is 0.0158. The van der Waals surface area contributed by atoms with Crippen LogP contribution in [0, 0.1) is 5.92 Å². The summed E-state index contributed by atoms with van der Waals surface area (Å²) in [6, 6.07) is 15.9. The Kier molecular flexibility index (Phi) is 6.52. The second-order valence-corrected chi connectivity index (χ2v) is 6.05. The lowest BCUT2D eigenvalue weighted by molar-refractivity contribution is -0.139. The second kappa shape index (κ2) is 8.83. The zero-order valence-electron chi connectivity index (χ0n) is 14.7. The van der Waals surface area contributed by atoms with Gasteiger partial charge in [-0.15, -0.1) is 0 Å². The van der Waals surface area contributed by atoms with Gasteiger partial charge in [0.25, 0.3) is 0 Å². The Morgan fingerprint density at radius 1 is 1.00 bits per heavy atom. The highest BCUT2D eigenvalue weighted by Gasteiger charge is 2.18. The van der Waals surface area contributed by atoms with Gasteiger partial charge in [0.15, 0.2) is 5.76 Å². The first kappa shape index (κ1) is 18.5. The first-order chi connectivity index (χ1) is 12.0. The number of allylic oxidation sites excluding steroid dienone is 1. The van der Waals surface area contributed by atoms with Gasteiger partial charge in [0.2, 0.25) is 5.78 Å². The highest BCUT2D eigenvalue weighted by atomic mass is 16.5. The van der Waals surface area contributed by atoms with Crippen LogP contribution in [-0.2, 0) is 9.53 Å². The lowest BCUT2D eigenvalue weighted by Crippen LogP contribution is -2.13. The van der Waals surface area contributed by atoms with Crippen LogP contribution in [0.2, 0.25) is 0 Å². The molecule has 0 atom stereocenters. The lowest BCUT2D eigenvalue weighted by Gasteiger charge is -2.10. The van der Waals surface area contributed by atoms with Crippen LogP contribution < -0.4 is 4.74 Å². The molecule has 0 radical (unpaired) electrons. The van der Waals surface area contributed by atoms with E-state index in [1.807, 2.05) is 19.9 Å². The van der Waals surface area contributed by atoms with E-state index in [0.29, 0.717) is 11.3 Å². The second-order valence-electron chi connectivity index (χ2n) is 6.05. The van der Waals surface area contributed by atoms with Crippen molar-refractivity contribution < 1.29 is 19.1 Å². The third-order valence-electron chi connectivity index (χ3n) is 3.47. The maximum atomic E-state index is 12.7. The quantitative estimate of drug-likeness (QED) is 0.323. The maximum absolute atomic E-state index is 12.7. The summed E-state index contributed by atoms with van der Waals surface area (Å²) >= 11 is 0. The van der Waals surface area contributed by atoms with Crippen LogP contribution >= 0.6 is 0 Å². The molecule has 0 aliphatic heterocycles. The number of esters is 1. The van der Waals surface area contributed by atoms with Gasteiger partial charge in [-0.05, 0) is 29.7 Å². The van der Waals surface area contributed by atoms with Gasteiger partial charge in [0.05, 0.1) is 7.11 Å². The zero-order chi connectivity index (χ0) is 18.2. The lowest BCUT2D eigenvalue weighted by atomic mass is 10.1. The number of hydrogen-bond acceptors (Lipinski definition) is 4. The van der Waals surface area contributed by atoms with Crippen molar-refractivity contribution in [3.05, 3.63) is 71.5 Å². The molecular formula is C21H22O4. The number of carbonyl (C=O) groups is 2. The molecule has 4 nitrogen and oxygen atoms in total. The van der Waals surface area contributed by atoms with Gasteiger partial charge < -0.3 is 9.47 Å². The fourth-order valence-corrected chi connectivity index (χ4v) is 2.22. The minimum atomic E-state index is -0.418. The van der Waals surface area contributed by atoms with E-state index in [9.17, 15) is 9.59 Å². The summed E-state index contributed by atoms with van der Waals surface area (Å²) < 4.78 is 10.5. The van der Waals surface area contributed by atoms with Gasteiger partial charge in [0.1, 0.15) is 5.75 Å². The summed E-state index contributed by atoms with van der Waals surface area (Å²) in [6.45, 7) is 3.85. The predicted octanol–water partition coefficient (Wildman–Crippen LogP) is 4.51. The third-order valence-corrected chi connectivity index (χ3v) is 3.47. The number of methoxy groups -OCH3 is 1. The average Bonchev–Trinajstić information content (AvgIpc) is 2.61. The molecule has 0 spiro atoms. The number of ether oxygens (including phenoxy) is 2. The molecule has 2 aromatic carbocycles. The Morgan fingerprint density at radius 2 is 1.64 bits per heavy atom. The molecule has 130 valence electrons. The summed E-state index contributed by atoms with van der Waals surface area (Å²) in [5.41, 5.74) is 1.22. The molecule has 0 heterocycles. The van der Waals surface area contributed by atoms with Crippen LogP contribution in [0.4, 0.5) is 0 Å². The summed E-state index contributed by atoms with van der Waals surface area (Å²) in [4.78, 5) is 24.8. The summed E-state index contributed by atoms with van der Waals surface area (Å²) in [5.74, 6) is 0.140. The van der Waals surface area contributed by atoms with Crippen LogP contribution in [-0.4, -0.2) is 18.9 Å². The molecule has 0 aliphatic carbocycles. The molecule has 2 aromatic rings. The molecule has 0 fully saturated rings. The third kappa shape index (κ3) is 5.60. The van der Waals surface area contributed by atoms with Crippen LogP contribution in [0.15, 0.2) is 60.4 Å². The van der Waals surface area contributed by atoms with Crippen molar-refractivity contribution in [1.82, 2.24) is 0 Å². The van der Waals surface area contributed by atoms with E-state index in [0.717, 1.165) is 5.56 Å². The predicted molar refractivity (Wildman–Crippen MR) is 97.3 cm³/mol. The molecule has 4 heteroatoms. The molecule has 0 saturated carbocycles. The first-order valence-corrected chi connectivity index (χ1v) is 8.15. The number of carbonyl (C=O) groups excluding carboxylic acids is 2. The Labute approximate surface area is 148 Å². The summed E-state index contributed by atoms with van der Waals surface area (Å²) in [7, 11) is 1.59. The smallest absolute Gasteiger partial charge is 0.311 e. The van der Waals surface area contributed by atoms with Gasteiger partial charge >= 0.3 is 5.97 Å². The van der Waals surface area contributed by atoms with Crippen molar-refractivity contribution >= 4 is 17.8 Å². The monoisotopic (exact) mass is 338 g/mol. The van der Waals surface area contributed by atoms with Crippen molar-refractivity contribution in [3.63, 3.8) is 0 Å². The largest absolute Gasteiger partial charge is 0.497 e. The Morgan fingerprint density at radius 3 is 2.20 bits per heavy atom. The average molecular weight is 338 g/mol.